The van der Waals surface area contributed by atoms with Crippen LogP contribution < -0.4 is 14.5 Å². The standard InChI is InChI=1S/C23H25N3O4/c1-24(2)17-6-8-18(9-7-17)26-22(27)20(16-4-10-19(29-3)11-5-16)21(23(26)28)25-12-14-30-15-13-25/h4-11H,12-15H2,1-3H3. The summed E-state index contributed by atoms with van der Waals surface area (Å²) >= 11 is 0. The predicted octanol–water partition coefficient (Wildman–Crippen LogP) is 2.38. The van der Waals surface area contributed by atoms with Crippen molar-refractivity contribution in [3.8, 4) is 5.75 Å². The number of imide groups is 1. The third-order valence-electron chi connectivity index (χ3n) is 5.39. The molecule has 2 amide bonds. The van der Waals surface area contributed by atoms with Gasteiger partial charge in [0.1, 0.15) is 11.4 Å². The summed E-state index contributed by atoms with van der Waals surface area (Å²) in [6, 6.07) is 14.6. The van der Waals surface area contributed by atoms with Crippen molar-refractivity contribution < 1.29 is 19.1 Å². The van der Waals surface area contributed by atoms with Gasteiger partial charge < -0.3 is 19.3 Å². The second-order valence-electron chi connectivity index (χ2n) is 7.41. The SMILES string of the molecule is COc1ccc(C2=C(N3CCOCC3)C(=O)N(c3ccc(N(C)C)cc3)C2=O)cc1. The molecule has 0 aromatic heterocycles. The van der Waals surface area contributed by atoms with E-state index in [1.54, 1.807) is 31.4 Å². The number of rotatable bonds is 5. The van der Waals surface area contributed by atoms with Gasteiger partial charge in [-0.2, -0.15) is 0 Å². The number of anilines is 2. The number of ether oxygens (including phenoxy) is 2. The highest BCUT2D eigenvalue weighted by Crippen LogP contribution is 2.36. The van der Waals surface area contributed by atoms with E-state index in [0.29, 0.717) is 54.6 Å². The molecule has 156 valence electrons. The lowest BCUT2D eigenvalue weighted by Gasteiger charge is -2.29. The highest BCUT2D eigenvalue weighted by molar-refractivity contribution is 6.45. The molecule has 0 radical (unpaired) electrons. The molecular formula is C23H25N3O4. The van der Waals surface area contributed by atoms with Crippen molar-refractivity contribution in [3.63, 3.8) is 0 Å². The van der Waals surface area contributed by atoms with Crippen molar-refractivity contribution in [1.29, 1.82) is 0 Å². The first-order valence-corrected chi connectivity index (χ1v) is 9.89. The number of benzene rings is 2. The van der Waals surface area contributed by atoms with Crippen LogP contribution in [0.15, 0.2) is 54.2 Å². The molecule has 0 unspecified atom stereocenters. The number of carbonyl (C=O) groups is 2. The quantitative estimate of drug-likeness (QED) is 0.710. The lowest BCUT2D eigenvalue weighted by molar-refractivity contribution is -0.121. The maximum absolute atomic E-state index is 13.5. The molecule has 0 aliphatic carbocycles. The molecule has 7 heteroatoms. The first-order chi connectivity index (χ1) is 14.5. The molecule has 7 nitrogen and oxygen atoms in total. The molecule has 1 fully saturated rings. The van der Waals surface area contributed by atoms with E-state index in [1.807, 2.05) is 48.2 Å². The van der Waals surface area contributed by atoms with Gasteiger partial charge in [-0.15, -0.1) is 0 Å². The summed E-state index contributed by atoms with van der Waals surface area (Å²) in [7, 11) is 5.49. The Labute approximate surface area is 176 Å². The van der Waals surface area contributed by atoms with Crippen LogP contribution in [0.4, 0.5) is 11.4 Å². The fraction of sp³-hybridized carbons (Fsp3) is 0.304. The number of methoxy groups -OCH3 is 1. The second kappa shape index (κ2) is 8.20. The maximum atomic E-state index is 13.5. The van der Waals surface area contributed by atoms with Crippen LogP contribution in [0.1, 0.15) is 5.56 Å². The van der Waals surface area contributed by atoms with Crippen molar-refractivity contribution in [2.24, 2.45) is 0 Å². The molecule has 0 spiro atoms. The zero-order chi connectivity index (χ0) is 21.3. The summed E-state index contributed by atoms with van der Waals surface area (Å²) in [5.74, 6) is 0.0785. The highest BCUT2D eigenvalue weighted by atomic mass is 16.5. The molecule has 30 heavy (non-hydrogen) atoms. The number of hydrogen-bond acceptors (Lipinski definition) is 6. The molecule has 0 atom stereocenters. The molecule has 0 saturated carbocycles. The van der Waals surface area contributed by atoms with E-state index in [1.165, 1.54) is 4.90 Å². The average molecular weight is 407 g/mol. The molecule has 4 rings (SSSR count). The van der Waals surface area contributed by atoms with Crippen LogP contribution in [-0.4, -0.2) is 64.2 Å². The summed E-state index contributed by atoms with van der Waals surface area (Å²) in [5.41, 5.74) is 3.11. The van der Waals surface area contributed by atoms with Crippen LogP contribution in [0.25, 0.3) is 5.57 Å². The minimum atomic E-state index is -0.315. The number of nitrogens with zero attached hydrogens (tertiary/aromatic N) is 3. The van der Waals surface area contributed by atoms with Gasteiger partial charge >= 0.3 is 0 Å². The lowest BCUT2D eigenvalue weighted by atomic mass is 10.0. The van der Waals surface area contributed by atoms with Gasteiger partial charge in [0.25, 0.3) is 11.8 Å². The van der Waals surface area contributed by atoms with Crippen LogP contribution in [0.5, 0.6) is 5.75 Å². The van der Waals surface area contributed by atoms with Crippen molar-refractivity contribution >= 4 is 28.8 Å². The van der Waals surface area contributed by atoms with Gasteiger partial charge in [-0.3, -0.25) is 9.59 Å². The van der Waals surface area contributed by atoms with Gasteiger partial charge in [0.2, 0.25) is 0 Å². The summed E-state index contributed by atoms with van der Waals surface area (Å²) in [6.45, 7) is 2.19. The molecule has 2 heterocycles. The predicted molar refractivity (Wildman–Crippen MR) is 116 cm³/mol. The van der Waals surface area contributed by atoms with Gasteiger partial charge in [-0.05, 0) is 42.0 Å². The van der Waals surface area contributed by atoms with E-state index in [4.69, 9.17) is 9.47 Å². The molecule has 0 N–H and O–H groups in total. The minimum absolute atomic E-state index is 0.301. The van der Waals surface area contributed by atoms with E-state index >= 15 is 0 Å². The Balaban J connectivity index is 1.76. The number of hydrogen-bond donors (Lipinski definition) is 0. The Hall–Kier alpha value is -3.32. The zero-order valence-corrected chi connectivity index (χ0v) is 17.4. The van der Waals surface area contributed by atoms with Crippen LogP contribution in [0.3, 0.4) is 0 Å². The molecular weight excluding hydrogens is 382 g/mol. The van der Waals surface area contributed by atoms with E-state index in [2.05, 4.69) is 0 Å². The van der Waals surface area contributed by atoms with E-state index in [-0.39, 0.29) is 11.8 Å². The third-order valence-corrected chi connectivity index (χ3v) is 5.39. The highest BCUT2D eigenvalue weighted by Gasteiger charge is 2.42. The van der Waals surface area contributed by atoms with Gasteiger partial charge in [-0.1, -0.05) is 12.1 Å². The second-order valence-corrected chi connectivity index (χ2v) is 7.41. The Bertz CT molecular complexity index is 975. The third kappa shape index (κ3) is 3.52. The average Bonchev–Trinajstić information content (AvgIpc) is 3.04. The lowest BCUT2D eigenvalue weighted by Crippen LogP contribution is -2.40. The van der Waals surface area contributed by atoms with E-state index in [0.717, 1.165) is 5.69 Å². The summed E-state index contributed by atoms with van der Waals surface area (Å²) < 4.78 is 10.7. The fourth-order valence-electron chi connectivity index (χ4n) is 3.75. The van der Waals surface area contributed by atoms with Crippen LogP contribution in [0.2, 0.25) is 0 Å². The zero-order valence-electron chi connectivity index (χ0n) is 17.4. The van der Waals surface area contributed by atoms with Crippen LogP contribution in [0, 0.1) is 0 Å². The normalized spacial score (nSPS) is 17.0. The van der Waals surface area contributed by atoms with Crippen LogP contribution in [-0.2, 0) is 14.3 Å². The Morgan fingerprint density at radius 3 is 2.10 bits per heavy atom. The smallest absolute Gasteiger partial charge is 0.282 e. The Kier molecular flexibility index (Phi) is 5.46. The van der Waals surface area contributed by atoms with Gasteiger partial charge in [0.15, 0.2) is 0 Å². The summed E-state index contributed by atoms with van der Waals surface area (Å²) in [6.07, 6.45) is 0. The van der Waals surface area contributed by atoms with Crippen LogP contribution >= 0.6 is 0 Å². The fourth-order valence-corrected chi connectivity index (χ4v) is 3.75. The van der Waals surface area contributed by atoms with E-state index in [9.17, 15) is 9.59 Å². The van der Waals surface area contributed by atoms with Gasteiger partial charge in [0, 0.05) is 32.9 Å². The molecule has 0 bridgehead atoms. The molecule has 2 aliphatic rings. The minimum Gasteiger partial charge on any atom is -0.497 e. The maximum Gasteiger partial charge on any atom is 0.282 e. The van der Waals surface area contributed by atoms with Gasteiger partial charge in [-0.25, -0.2) is 4.90 Å². The first-order valence-electron chi connectivity index (χ1n) is 9.89. The Morgan fingerprint density at radius 1 is 0.900 bits per heavy atom. The largest absolute Gasteiger partial charge is 0.497 e. The molecule has 2 aromatic carbocycles. The number of morpholine rings is 1. The molecule has 1 saturated heterocycles. The molecule has 2 aromatic rings. The Morgan fingerprint density at radius 2 is 1.53 bits per heavy atom. The van der Waals surface area contributed by atoms with Gasteiger partial charge in [0.05, 0.1) is 31.6 Å². The van der Waals surface area contributed by atoms with Crippen molar-refractivity contribution in [2.75, 3.05) is 57.3 Å². The monoisotopic (exact) mass is 407 g/mol. The first kappa shape index (κ1) is 20.0. The number of carbonyl (C=O) groups excluding carboxylic acids is 2. The summed E-state index contributed by atoms with van der Waals surface area (Å²) in [5, 5.41) is 0. The van der Waals surface area contributed by atoms with Crippen molar-refractivity contribution in [3.05, 3.63) is 59.8 Å². The van der Waals surface area contributed by atoms with E-state index < -0.39 is 0 Å². The topological polar surface area (TPSA) is 62.3 Å². The van der Waals surface area contributed by atoms with Crippen molar-refractivity contribution in [2.45, 2.75) is 0 Å². The summed E-state index contributed by atoms with van der Waals surface area (Å²) in [4.78, 5) is 32.2. The number of amides is 2. The van der Waals surface area contributed by atoms with Crippen molar-refractivity contribution in [1.82, 2.24) is 4.90 Å². The molecule has 2 aliphatic heterocycles.